The van der Waals surface area contributed by atoms with Crippen LogP contribution >= 0.6 is 11.8 Å². The Bertz CT molecular complexity index is 467. The Hall–Kier alpha value is -1.01. The molecule has 5 nitrogen and oxygen atoms in total. The fourth-order valence-electron chi connectivity index (χ4n) is 2.80. The SMILES string of the molecule is CCOC(=O)c1cnn(C)c1CNC1CCC(SC)CC1. The number of rotatable bonds is 6. The van der Waals surface area contributed by atoms with Crippen LogP contribution in [0.15, 0.2) is 6.20 Å². The van der Waals surface area contributed by atoms with Crippen molar-refractivity contribution in [1.82, 2.24) is 15.1 Å². The number of aryl methyl sites for hydroxylation is 1. The van der Waals surface area contributed by atoms with Crippen molar-refractivity contribution in [2.24, 2.45) is 7.05 Å². The number of hydrogen-bond acceptors (Lipinski definition) is 5. The summed E-state index contributed by atoms with van der Waals surface area (Å²) >= 11 is 1.97. The highest BCUT2D eigenvalue weighted by Gasteiger charge is 2.22. The maximum atomic E-state index is 11.9. The highest BCUT2D eigenvalue weighted by atomic mass is 32.2. The van der Waals surface area contributed by atoms with Crippen LogP contribution in [0.1, 0.15) is 48.7 Å². The van der Waals surface area contributed by atoms with E-state index in [2.05, 4.69) is 16.7 Å². The lowest BCUT2D eigenvalue weighted by Crippen LogP contribution is -2.34. The van der Waals surface area contributed by atoms with Crippen LogP contribution in [0.3, 0.4) is 0 Å². The van der Waals surface area contributed by atoms with E-state index in [9.17, 15) is 4.79 Å². The van der Waals surface area contributed by atoms with Crippen molar-refractivity contribution in [1.29, 1.82) is 0 Å². The highest BCUT2D eigenvalue weighted by Crippen LogP contribution is 2.27. The number of hydrogen-bond donors (Lipinski definition) is 1. The van der Waals surface area contributed by atoms with E-state index in [1.165, 1.54) is 25.7 Å². The molecule has 1 saturated carbocycles. The second-order valence-corrected chi connectivity index (χ2v) is 6.58. The maximum absolute atomic E-state index is 11.9. The summed E-state index contributed by atoms with van der Waals surface area (Å²) in [6.07, 6.45) is 8.75. The van der Waals surface area contributed by atoms with Crippen molar-refractivity contribution in [3.63, 3.8) is 0 Å². The Labute approximate surface area is 130 Å². The van der Waals surface area contributed by atoms with Crippen LogP contribution < -0.4 is 5.32 Å². The summed E-state index contributed by atoms with van der Waals surface area (Å²) in [5.41, 5.74) is 1.48. The van der Waals surface area contributed by atoms with Gasteiger partial charge in [0.05, 0.1) is 18.5 Å². The molecule has 21 heavy (non-hydrogen) atoms. The van der Waals surface area contributed by atoms with Gasteiger partial charge in [0.1, 0.15) is 5.56 Å². The smallest absolute Gasteiger partial charge is 0.341 e. The van der Waals surface area contributed by atoms with Crippen molar-refractivity contribution >= 4 is 17.7 Å². The lowest BCUT2D eigenvalue weighted by molar-refractivity contribution is 0.0524. The number of ether oxygens (including phenoxy) is 1. The summed E-state index contributed by atoms with van der Waals surface area (Å²) in [6.45, 7) is 2.87. The quantitative estimate of drug-likeness (QED) is 0.817. The molecular weight excluding hydrogens is 286 g/mol. The van der Waals surface area contributed by atoms with E-state index in [-0.39, 0.29) is 5.97 Å². The molecule has 1 aliphatic rings. The zero-order valence-corrected chi connectivity index (χ0v) is 13.9. The average molecular weight is 311 g/mol. The molecule has 0 atom stereocenters. The van der Waals surface area contributed by atoms with Gasteiger partial charge in [0, 0.05) is 24.9 Å². The molecule has 1 aliphatic carbocycles. The Balaban J connectivity index is 1.91. The molecule has 2 rings (SSSR count). The second-order valence-electron chi connectivity index (χ2n) is 5.44. The predicted molar refractivity (Wildman–Crippen MR) is 85.6 cm³/mol. The van der Waals surface area contributed by atoms with Gasteiger partial charge < -0.3 is 10.1 Å². The van der Waals surface area contributed by atoms with Gasteiger partial charge in [-0.25, -0.2) is 4.79 Å². The molecule has 0 bridgehead atoms. The van der Waals surface area contributed by atoms with Crippen LogP contribution in [0.4, 0.5) is 0 Å². The summed E-state index contributed by atoms with van der Waals surface area (Å²) < 4.78 is 6.84. The fourth-order valence-corrected chi connectivity index (χ4v) is 3.54. The van der Waals surface area contributed by atoms with Crippen molar-refractivity contribution in [2.45, 2.75) is 50.4 Å². The first-order valence-corrected chi connectivity index (χ1v) is 8.88. The molecule has 1 aromatic heterocycles. The zero-order valence-electron chi connectivity index (χ0n) is 13.1. The lowest BCUT2D eigenvalue weighted by Gasteiger charge is -2.28. The minimum atomic E-state index is -0.284. The molecule has 0 unspecified atom stereocenters. The third kappa shape index (κ3) is 4.23. The van der Waals surface area contributed by atoms with Crippen LogP contribution in [0, 0.1) is 0 Å². The van der Waals surface area contributed by atoms with Crippen molar-refractivity contribution in [3.8, 4) is 0 Å². The van der Waals surface area contributed by atoms with Crippen LogP contribution in [-0.2, 0) is 18.3 Å². The topological polar surface area (TPSA) is 56.1 Å². The van der Waals surface area contributed by atoms with Crippen LogP contribution in [0.2, 0.25) is 0 Å². The standard InChI is InChI=1S/C15H25N3O2S/c1-4-20-15(19)13-9-17-18(2)14(13)10-16-11-5-7-12(21-3)8-6-11/h9,11-12,16H,4-8,10H2,1-3H3. The molecular formula is C15H25N3O2S. The number of aromatic nitrogens is 2. The first-order valence-electron chi connectivity index (χ1n) is 7.59. The van der Waals surface area contributed by atoms with Gasteiger partial charge in [-0.2, -0.15) is 16.9 Å². The van der Waals surface area contributed by atoms with Crippen LogP contribution in [0.5, 0.6) is 0 Å². The molecule has 0 saturated heterocycles. The van der Waals surface area contributed by atoms with Gasteiger partial charge in [-0.1, -0.05) is 0 Å². The molecule has 1 heterocycles. The van der Waals surface area contributed by atoms with E-state index in [1.54, 1.807) is 10.9 Å². The average Bonchev–Trinajstić information content (AvgIpc) is 2.87. The third-order valence-electron chi connectivity index (χ3n) is 4.12. The van der Waals surface area contributed by atoms with Gasteiger partial charge in [-0.15, -0.1) is 0 Å². The molecule has 1 aromatic rings. The zero-order chi connectivity index (χ0) is 15.2. The molecule has 1 fully saturated rings. The summed E-state index contributed by atoms with van der Waals surface area (Å²) in [6, 6.07) is 0.540. The van der Waals surface area contributed by atoms with E-state index >= 15 is 0 Å². The molecule has 6 heteroatoms. The Morgan fingerprint density at radius 2 is 2.19 bits per heavy atom. The number of nitrogens with zero attached hydrogens (tertiary/aromatic N) is 2. The molecule has 0 aromatic carbocycles. The number of carbonyl (C=O) groups is 1. The largest absolute Gasteiger partial charge is 0.462 e. The van der Waals surface area contributed by atoms with E-state index < -0.39 is 0 Å². The Morgan fingerprint density at radius 1 is 1.48 bits per heavy atom. The van der Waals surface area contributed by atoms with Crippen LogP contribution in [0.25, 0.3) is 0 Å². The second kappa shape index (κ2) is 7.84. The van der Waals surface area contributed by atoms with Crippen LogP contribution in [-0.4, -0.2) is 39.9 Å². The van der Waals surface area contributed by atoms with E-state index in [0.29, 0.717) is 24.8 Å². The summed E-state index contributed by atoms with van der Waals surface area (Å²) in [4.78, 5) is 11.9. The molecule has 0 amide bonds. The van der Waals surface area contributed by atoms with Gasteiger partial charge in [0.15, 0.2) is 0 Å². The third-order valence-corrected chi connectivity index (χ3v) is 5.26. The summed E-state index contributed by atoms with van der Waals surface area (Å²) in [5, 5.41) is 8.57. The molecule has 118 valence electrons. The fraction of sp³-hybridized carbons (Fsp3) is 0.733. The van der Waals surface area contributed by atoms with Gasteiger partial charge >= 0.3 is 5.97 Å². The number of nitrogens with one attached hydrogen (secondary N) is 1. The minimum absolute atomic E-state index is 0.284. The number of esters is 1. The lowest BCUT2D eigenvalue weighted by atomic mass is 9.95. The molecule has 0 radical (unpaired) electrons. The Kier molecular flexibility index (Phi) is 6.11. The van der Waals surface area contributed by atoms with Gasteiger partial charge in [-0.3, -0.25) is 4.68 Å². The van der Waals surface area contributed by atoms with Gasteiger partial charge in [-0.05, 0) is 38.9 Å². The van der Waals surface area contributed by atoms with Crippen molar-refractivity contribution in [2.75, 3.05) is 12.9 Å². The van der Waals surface area contributed by atoms with Gasteiger partial charge in [0.2, 0.25) is 0 Å². The maximum Gasteiger partial charge on any atom is 0.341 e. The van der Waals surface area contributed by atoms with Crippen molar-refractivity contribution in [3.05, 3.63) is 17.5 Å². The van der Waals surface area contributed by atoms with Crippen molar-refractivity contribution < 1.29 is 9.53 Å². The Morgan fingerprint density at radius 3 is 2.81 bits per heavy atom. The summed E-state index contributed by atoms with van der Waals surface area (Å²) in [5.74, 6) is -0.284. The first-order chi connectivity index (χ1) is 10.2. The normalized spacial score (nSPS) is 22.2. The molecule has 1 N–H and O–H groups in total. The first kappa shape index (κ1) is 16.4. The number of carbonyl (C=O) groups excluding carboxylic acids is 1. The highest BCUT2D eigenvalue weighted by molar-refractivity contribution is 7.99. The minimum Gasteiger partial charge on any atom is -0.462 e. The van der Waals surface area contributed by atoms with E-state index in [4.69, 9.17) is 4.74 Å². The van der Waals surface area contributed by atoms with Gasteiger partial charge in [0.25, 0.3) is 0 Å². The molecule has 0 aliphatic heterocycles. The summed E-state index contributed by atoms with van der Waals surface area (Å²) in [7, 11) is 1.87. The van der Waals surface area contributed by atoms with E-state index in [0.717, 1.165) is 10.9 Å². The monoisotopic (exact) mass is 311 g/mol. The molecule has 0 spiro atoms. The van der Waals surface area contributed by atoms with E-state index in [1.807, 2.05) is 25.7 Å². The number of thioether (sulfide) groups is 1. The predicted octanol–water partition coefficient (Wildman–Crippen LogP) is 2.36.